The quantitative estimate of drug-likeness (QED) is 0.845. The Bertz CT molecular complexity index is 692. The third-order valence-electron chi connectivity index (χ3n) is 5.55. The maximum atomic E-state index is 12.8. The van der Waals surface area contributed by atoms with E-state index >= 15 is 0 Å². The second-order valence-corrected chi connectivity index (χ2v) is 7.50. The zero-order valence-electron chi connectivity index (χ0n) is 15.6. The highest BCUT2D eigenvalue weighted by atomic mass is 16.5. The number of benzene rings is 1. The Hall–Kier alpha value is -2.12. The molecule has 0 bridgehead atoms. The molecule has 1 N–H and O–H groups in total. The number of nitrogens with zero attached hydrogens (tertiary/aromatic N) is 2. The van der Waals surface area contributed by atoms with Gasteiger partial charge >= 0.3 is 0 Å². The van der Waals surface area contributed by atoms with Crippen LogP contribution in [0.1, 0.15) is 24.8 Å². The van der Waals surface area contributed by atoms with Crippen LogP contribution in [0.2, 0.25) is 0 Å². The molecule has 7 nitrogen and oxygen atoms in total. The predicted octanol–water partition coefficient (Wildman–Crippen LogP) is 0.777. The lowest BCUT2D eigenvalue weighted by atomic mass is 9.93. The van der Waals surface area contributed by atoms with Crippen LogP contribution in [0.4, 0.5) is 0 Å². The van der Waals surface area contributed by atoms with Gasteiger partial charge in [0.1, 0.15) is 12.4 Å². The lowest BCUT2D eigenvalue weighted by Gasteiger charge is -2.35. The van der Waals surface area contributed by atoms with Crippen molar-refractivity contribution in [1.82, 2.24) is 15.1 Å². The predicted molar refractivity (Wildman–Crippen MR) is 99.3 cm³/mol. The van der Waals surface area contributed by atoms with Crippen LogP contribution in [0.15, 0.2) is 24.3 Å². The van der Waals surface area contributed by atoms with Gasteiger partial charge in [-0.05, 0) is 25.3 Å². The van der Waals surface area contributed by atoms with Crippen molar-refractivity contribution >= 4 is 11.8 Å². The molecule has 146 valence electrons. The molecule has 1 aliphatic carbocycles. The summed E-state index contributed by atoms with van der Waals surface area (Å²) in [5.41, 5.74) is 1.10. The Labute approximate surface area is 159 Å². The SMILES string of the molecule is O=C(NC1CCC1)[C@H]1CN(C(=O)CN2CCOc3ccccc3C2)CCO1. The molecule has 7 heteroatoms. The highest BCUT2D eigenvalue weighted by Crippen LogP contribution is 2.22. The van der Waals surface area contributed by atoms with E-state index in [1.807, 2.05) is 24.3 Å². The van der Waals surface area contributed by atoms with Gasteiger partial charge in [-0.15, -0.1) is 0 Å². The molecule has 0 aromatic heterocycles. The first kappa shape index (κ1) is 18.3. The second kappa shape index (κ2) is 8.27. The number of ether oxygens (including phenoxy) is 2. The number of nitrogens with one attached hydrogen (secondary N) is 1. The molecule has 2 aliphatic heterocycles. The van der Waals surface area contributed by atoms with Gasteiger partial charge in [0.05, 0.1) is 19.7 Å². The number of hydrogen-bond acceptors (Lipinski definition) is 5. The summed E-state index contributed by atoms with van der Waals surface area (Å²) in [6.07, 6.45) is 2.69. The van der Waals surface area contributed by atoms with Crippen LogP contribution in [0, 0.1) is 0 Å². The normalized spacial score (nSPS) is 23.6. The Morgan fingerprint density at radius 2 is 2.00 bits per heavy atom. The monoisotopic (exact) mass is 373 g/mol. The number of carbonyl (C=O) groups is 2. The average Bonchev–Trinajstić information content (AvgIpc) is 2.86. The summed E-state index contributed by atoms with van der Waals surface area (Å²) in [4.78, 5) is 29.0. The minimum Gasteiger partial charge on any atom is -0.492 e. The summed E-state index contributed by atoms with van der Waals surface area (Å²) >= 11 is 0. The van der Waals surface area contributed by atoms with Crippen molar-refractivity contribution in [1.29, 1.82) is 0 Å². The maximum absolute atomic E-state index is 12.8. The molecule has 4 rings (SSSR count). The van der Waals surface area contributed by atoms with Gasteiger partial charge in [-0.2, -0.15) is 0 Å². The minimum absolute atomic E-state index is 0.0409. The minimum atomic E-state index is -0.559. The molecule has 1 saturated carbocycles. The number of carbonyl (C=O) groups excluding carboxylic acids is 2. The largest absolute Gasteiger partial charge is 0.492 e. The third-order valence-corrected chi connectivity index (χ3v) is 5.55. The second-order valence-electron chi connectivity index (χ2n) is 7.50. The molecular formula is C20H27N3O4. The van der Waals surface area contributed by atoms with Crippen LogP contribution in [-0.2, 0) is 20.9 Å². The van der Waals surface area contributed by atoms with Gasteiger partial charge in [-0.1, -0.05) is 18.2 Å². The number of hydrogen-bond donors (Lipinski definition) is 1. The molecule has 2 heterocycles. The molecule has 1 aromatic rings. The van der Waals surface area contributed by atoms with Gasteiger partial charge < -0.3 is 19.7 Å². The van der Waals surface area contributed by atoms with Crippen molar-refractivity contribution in [2.24, 2.45) is 0 Å². The smallest absolute Gasteiger partial charge is 0.251 e. The van der Waals surface area contributed by atoms with Crippen LogP contribution in [0.5, 0.6) is 5.75 Å². The first-order valence-electron chi connectivity index (χ1n) is 9.82. The summed E-state index contributed by atoms with van der Waals surface area (Å²) < 4.78 is 11.4. The molecule has 1 aromatic carbocycles. The first-order valence-corrected chi connectivity index (χ1v) is 9.82. The van der Waals surface area contributed by atoms with Crippen molar-refractivity contribution in [3.05, 3.63) is 29.8 Å². The highest BCUT2D eigenvalue weighted by molar-refractivity contribution is 5.83. The molecule has 27 heavy (non-hydrogen) atoms. The molecular weight excluding hydrogens is 346 g/mol. The molecule has 0 radical (unpaired) electrons. The lowest BCUT2D eigenvalue weighted by Crippen LogP contribution is -2.55. The van der Waals surface area contributed by atoms with Crippen molar-refractivity contribution in [3.8, 4) is 5.75 Å². The van der Waals surface area contributed by atoms with E-state index in [1.165, 1.54) is 6.42 Å². The van der Waals surface area contributed by atoms with Crippen LogP contribution in [-0.4, -0.2) is 73.2 Å². The van der Waals surface area contributed by atoms with E-state index in [1.54, 1.807) is 4.90 Å². The molecule has 1 saturated heterocycles. The molecule has 1 atom stereocenters. The van der Waals surface area contributed by atoms with Crippen molar-refractivity contribution in [2.75, 3.05) is 39.4 Å². The summed E-state index contributed by atoms with van der Waals surface area (Å²) in [6, 6.07) is 8.23. The Morgan fingerprint density at radius 3 is 2.81 bits per heavy atom. The van der Waals surface area contributed by atoms with Crippen molar-refractivity contribution in [3.63, 3.8) is 0 Å². The van der Waals surface area contributed by atoms with Gasteiger partial charge in [0.15, 0.2) is 6.10 Å². The van der Waals surface area contributed by atoms with E-state index in [0.29, 0.717) is 45.9 Å². The van der Waals surface area contributed by atoms with Crippen LogP contribution in [0.3, 0.4) is 0 Å². The van der Waals surface area contributed by atoms with Crippen molar-refractivity contribution < 1.29 is 19.1 Å². The van der Waals surface area contributed by atoms with Gasteiger partial charge in [0.25, 0.3) is 5.91 Å². The fraction of sp³-hybridized carbons (Fsp3) is 0.600. The van der Waals surface area contributed by atoms with E-state index in [9.17, 15) is 9.59 Å². The van der Waals surface area contributed by atoms with Crippen LogP contribution in [0.25, 0.3) is 0 Å². The van der Waals surface area contributed by atoms with E-state index in [0.717, 1.165) is 24.2 Å². The zero-order chi connectivity index (χ0) is 18.6. The zero-order valence-corrected chi connectivity index (χ0v) is 15.6. The molecule has 0 unspecified atom stereocenters. The summed E-state index contributed by atoms with van der Waals surface area (Å²) in [6.45, 7) is 3.56. The Balaban J connectivity index is 1.31. The van der Waals surface area contributed by atoms with Gasteiger partial charge in [-0.25, -0.2) is 0 Å². The fourth-order valence-corrected chi connectivity index (χ4v) is 3.69. The van der Waals surface area contributed by atoms with Crippen molar-refractivity contribution in [2.45, 2.75) is 38.0 Å². The topological polar surface area (TPSA) is 71.1 Å². The number of para-hydroxylation sites is 1. The molecule has 3 aliphatic rings. The molecule has 0 spiro atoms. The lowest BCUT2D eigenvalue weighted by molar-refractivity contribution is -0.148. The standard InChI is InChI=1S/C20H27N3O4/c24-19(14-22-8-10-26-17-7-2-1-4-15(17)12-22)23-9-11-27-18(13-23)20(25)21-16-5-3-6-16/h1-2,4,7,16,18H,3,5-6,8-14H2,(H,21,25)/t18-/m1/s1. The molecule has 2 fully saturated rings. The summed E-state index contributed by atoms with van der Waals surface area (Å²) in [5, 5.41) is 3.02. The summed E-state index contributed by atoms with van der Waals surface area (Å²) in [7, 11) is 0. The molecule has 2 amide bonds. The van der Waals surface area contributed by atoms with Crippen LogP contribution >= 0.6 is 0 Å². The summed E-state index contributed by atoms with van der Waals surface area (Å²) in [5.74, 6) is 0.847. The maximum Gasteiger partial charge on any atom is 0.251 e. The van der Waals surface area contributed by atoms with E-state index in [-0.39, 0.29) is 17.9 Å². The van der Waals surface area contributed by atoms with E-state index in [4.69, 9.17) is 9.47 Å². The first-order chi connectivity index (χ1) is 13.2. The average molecular weight is 373 g/mol. The third kappa shape index (κ3) is 4.42. The van der Waals surface area contributed by atoms with Gasteiger partial charge in [-0.3, -0.25) is 14.5 Å². The van der Waals surface area contributed by atoms with E-state index in [2.05, 4.69) is 10.2 Å². The Kier molecular flexibility index (Phi) is 5.59. The number of morpholine rings is 1. The van der Waals surface area contributed by atoms with Gasteiger partial charge in [0.2, 0.25) is 5.91 Å². The van der Waals surface area contributed by atoms with E-state index < -0.39 is 6.10 Å². The Morgan fingerprint density at radius 1 is 1.15 bits per heavy atom. The fourth-order valence-electron chi connectivity index (χ4n) is 3.69. The highest BCUT2D eigenvalue weighted by Gasteiger charge is 2.32. The number of amides is 2. The van der Waals surface area contributed by atoms with Crippen LogP contribution < -0.4 is 10.1 Å². The number of fused-ring (bicyclic) bond motifs is 1. The number of rotatable bonds is 4. The van der Waals surface area contributed by atoms with Gasteiger partial charge in [0, 0.05) is 31.2 Å².